The third kappa shape index (κ3) is 37.1. The Morgan fingerprint density at radius 3 is 0.881 bits per heavy atom. The van der Waals surface area contributed by atoms with E-state index in [0.717, 1.165) is 13.0 Å². The van der Waals surface area contributed by atoms with E-state index in [2.05, 4.69) is 11.7 Å². The van der Waals surface area contributed by atoms with Crippen LogP contribution < -0.4 is 0 Å². The van der Waals surface area contributed by atoms with Gasteiger partial charge in [0.05, 0.1) is 139 Å². The van der Waals surface area contributed by atoms with E-state index >= 15 is 0 Å². The highest BCUT2D eigenvalue weighted by atomic mass is 16.6. The maximum absolute atomic E-state index is 10.8. The van der Waals surface area contributed by atoms with E-state index in [1.165, 1.54) is 26.4 Å². The summed E-state index contributed by atoms with van der Waals surface area (Å²) in [6.07, 6.45) is 4.89. The summed E-state index contributed by atoms with van der Waals surface area (Å²) in [7, 11) is 1.32. The summed E-state index contributed by atoms with van der Waals surface area (Å²) in [5.74, 6) is -0.405. The van der Waals surface area contributed by atoms with Crippen molar-refractivity contribution in [3.05, 3.63) is 0 Å². The maximum atomic E-state index is 10.8. The van der Waals surface area contributed by atoms with Crippen LogP contribution in [0.4, 0.5) is 0 Å². The number of methoxy groups -OCH3 is 1. The molecule has 252 valence electrons. The molecule has 0 aliphatic rings. The Bertz CT molecular complexity index is 514. The zero-order chi connectivity index (χ0) is 30.4. The number of ether oxygens (including phenoxy) is 12. The number of rotatable bonds is 37. The van der Waals surface area contributed by atoms with E-state index in [4.69, 9.17) is 52.1 Å². The van der Waals surface area contributed by atoms with Crippen molar-refractivity contribution in [2.75, 3.05) is 152 Å². The summed E-state index contributed by atoms with van der Waals surface area (Å²) in [5, 5.41) is 0. The lowest BCUT2D eigenvalue weighted by atomic mass is 10.2. The van der Waals surface area contributed by atoms with Gasteiger partial charge in [-0.15, -0.1) is 0 Å². The molecule has 0 aromatic rings. The Morgan fingerprint density at radius 1 is 0.357 bits per heavy atom. The lowest BCUT2D eigenvalue weighted by molar-refractivity contribution is -0.146. The molecule has 0 bridgehead atoms. The maximum Gasteiger partial charge on any atom is 0.331 e. The van der Waals surface area contributed by atoms with Crippen molar-refractivity contribution in [1.82, 2.24) is 0 Å². The molecule has 13 heteroatoms. The predicted octanol–water partition coefficient (Wildman–Crippen LogP) is 1.92. The highest BCUT2D eigenvalue weighted by Gasteiger charge is 1.99. The van der Waals surface area contributed by atoms with Crippen molar-refractivity contribution in [1.29, 1.82) is 0 Å². The van der Waals surface area contributed by atoms with Gasteiger partial charge in [0.25, 0.3) is 0 Å². The summed E-state index contributed by atoms with van der Waals surface area (Å²) in [4.78, 5) is 10.8. The topological polar surface area (TPSA) is 128 Å². The van der Waals surface area contributed by atoms with Crippen LogP contribution in [-0.4, -0.2) is 158 Å². The van der Waals surface area contributed by atoms with Gasteiger partial charge in [0.15, 0.2) is 0 Å². The monoisotopic (exact) mass is 614 g/mol. The summed E-state index contributed by atoms with van der Waals surface area (Å²) >= 11 is 0. The van der Waals surface area contributed by atoms with E-state index in [9.17, 15) is 4.79 Å². The molecule has 0 heterocycles. The smallest absolute Gasteiger partial charge is 0.331 e. The minimum atomic E-state index is -0.405. The second kappa shape index (κ2) is 38.1. The Hall–Kier alpha value is -0.970. The zero-order valence-corrected chi connectivity index (χ0v) is 26.2. The Morgan fingerprint density at radius 2 is 0.619 bits per heavy atom. The molecular weight excluding hydrogens is 556 g/mol. The fraction of sp³-hybridized carbons (Fsp3) is 0.966. The van der Waals surface area contributed by atoms with Gasteiger partial charge < -0.3 is 56.8 Å². The van der Waals surface area contributed by atoms with E-state index < -0.39 is 5.97 Å². The molecule has 0 aliphatic heterocycles. The van der Waals surface area contributed by atoms with Crippen LogP contribution in [0.1, 0.15) is 32.6 Å². The van der Waals surface area contributed by atoms with Crippen LogP contribution in [-0.2, 0) is 61.6 Å². The van der Waals surface area contributed by atoms with Gasteiger partial charge in [-0.05, 0) is 6.42 Å². The molecule has 0 rings (SSSR count). The van der Waals surface area contributed by atoms with Gasteiger partial charge in [-0.2, -0.15) is 0 Å². The summed E-state index contributed by atoms with van der Waals surface area (Å²) in [6.45, 7) is 13.0. The zero-order valence-electron chi connectivity index (χ0n) is 26.2. The number of hydrogen-bond donors (Lipinski definition) is 0. The predicted molar refractivity (Wildman–Crippen MR) is 155 cm³/mol. The first kappa shape index (κ1) is 41.0. The first-order chi connectivity index (χ1) is 20.8. The first-order valence-corrected chi connectivity index (χ1v) is 15.2. The minimum absolute atomic E-state index is 0.0676. The van der Waals surface area contributed by atoms with Gasteiger partial charge in [0.1, 0.15) is 6.61 Å². The number of carbonyl (C=O) groups is 1. The molecule has 0 unspecified atom stereocenters. The lowest BCUT2D eigenvalue weighted by Crippen LogP contribution is -2.16. The minimum Gasteiger partial charge on any atom is -0.467 e. The van der Waals surface area contributed by atoms with Crippen LogP contribution in [0, 0.1) is 0 Å². The highest BCUT2D eigenvalue weighted by Crippen LogP contribution is 1.98. The van der Waals surface area contributed by atoms with Gasteiger partial charge in [-0.1, -0.05) is 26.2 Å². The summed E-state index contributed by atoms with van der Waals surface area (Å²) < 4.78 is 64.0. The van der Waals surface area contributed by atoms with Crippen molar-refractivity contribution < 1.29 is 61.6 Å². The van der Waals surface area contributed by atoms with E-state index in [-0.39, 0.29) is 6.61 Å². The molecule has 0 N–H and O–H groups in total. The van der Waals surface area contributed by atoms with Crippen molar-refractivity contribution >= 4 is 5.97 Å². The largest absolute Gasteiger partial charge is 0.467 e. The van der Waals surface area contributed by atoms with Crippen molar-refractivity contribution in [2.24, 2.45) is 0 Å². The number of unbranched alkanes of at least 4 members (excludes halogenated alkanes) is 3. The number of hydrogen-bond acceptors (Lipinski definition) is 13. The van der Waals surface area contributed by atoms with Gasteiger partial charge in [-0.3, -0.25) is 0 Å². The number of carbonyl (C=O) groups excluding carboxylic acids is 1. The SMILES string of the molecule is CCCCCCOCCOCCOCCOCCOCCOCCOCCOCCOCCOCCOCC(=O)OC. The first-order valence-electron chi connectivity index (χ1n) is 15.2. The Balaban J connectivity index is 3.04. The summed E-state index contributed by atoms with van der Waals surface area (Å²) in [6, 6.07) is 0. The number of esters is 1. The Kier molecular flexibility index (Phi) is 37.2. The van der Waals surface area contributed by atoms with Crippen molar-refractivity contribution in [3.8, 4) is 0 Å². The third-order valence-corrected chi connectivity index (χ3v) is 5.31. The molecule has 0 atom stereocenters. The van der Waals surface area contributed by atoms with Crippen LogP contribution in [0.3, 0.4) is 0 Å². The lowest BCUT2D eigenvalue weighted by Gasteiger charge is -2.09. The van der Waals surface area contributed by atoms with E-state index in [1.807, 2.05) is 0 Å². The van der Waals surface area contributed by atoms with E-state index in [0.29, 0.717) is 132 Å². The van der Waals surface area contributed by atoms with Crippen LogP contribution in [0.25, 0.3) is 0 Å². The average Bonchev–Trinajstić information content (AvgIpc) is 3.00. The van der Waals surface area contributed by atoms with Crippen LogP contribution >= 0.6 is 0 Å². The third-order valence-electron chi connectivity index (χ3n) is 5.31. The molecule has 0 amide bonds. The highest BCUT2D eigenvalue weighted by molar-refractivity contribution is 5.70. The molecule has 0 saturated carbocycles. The summed E-state index contributed by atoms with van der Waals surface area (Å²) in [5.41, 5.74) is 0. The van der Waals surface area contributed by atoms with Crippen molar-refractivity contribution in [2.45, 2.75) is 32.6 Å². The van der Waals surface area contributed by atoms with E-state index in [1.54, 1.807) is 0 Å². The van der Waals surface area contributed by atoms with Crippen LogP contribution in [0.5, 0.6) is 0 Å². The van der Waals surface area contributed by atoms with Gasteiger partial charge >= 0.3 is 5.97 Å². The quantitative estimate of drug-likeness (QED) is 0.0747. The van der Waals surface area contributed by atoms with Crippen LogP contribution in [0.15, 0.2) is 0 Å². The second-order valence-corrected chi connectivity index (χ2v) is 8.81. The van der Waals surface area contributed by atoms with Crippen LogP contribution in [0.2, 0.25) is 0 Å². The van der Waals surface area contributed by atoms with Gasteiger partial charge in [0, 0.05) is 6.61 Å². The molecule has 13 nitrogen and oxygen atoms in total. The molecule has 0 saturated heterocycles. The molecule has 0 aromatic heterocycles. The molecular formula is C29H58O13. The standard InChI is InChI=1S/C29H58O13/c1-3-4-5-6-7-32-8-9-33-10-11-34-12-13-35-14-15-36-16-17-37-18-19-38-20-21-39-22-23-40-24-25-41-26-27-42-28-29(30)31-2/h3-28H2,1-2H3. The Labute approximate surface area is 252 Å². The molecule has 0 fully saturated rings. The normalized spacial score (nSPS) is 11.4. The average molecular weight is 615 g/mol. The van der Waals surface area contributed by atoms with Gasteiger partial charge in [0.2, 0.25) is 0 Å². The molecule has 0 aromatic carbocycles. The fourth-order valence-electron chi connectivity index (χ4n) is 3.04. The fourth-order valence-corrected chi connectivity index (χ4v) is 3.04. The molecule has 0 spiro atoms. The second-order valence-electron chi connectivity index (χ2n) is 8.81. The van der Waals surface area contributed by atoms with Gasteiger partial charge in [-0.25, -0.2) is 4.79 Å². The molecule has 0 aliphatic carbocycles. The van der Waals surface area contributed by atoms with Crippen molar-refractivity contribution in [3.63, 3.8) is 0 Å². The molecule has 42 heavy (non-hydrogen) atoms. The molecule has 0 radical (unpaired) electrons.